The number of urea groups is 1. The summed E-state index contributed by atoms with van der Waals surface area (Å²) in [5.74, 6) is -0.362. The Hall–Kier alpha value is -4.01. The van der Waals surface area contributed by atoms with Crippen LogP contribution in [-0.2, 0) is 17.9 Å². The van der Waals surface area contributed by atoms with Gasteiger partial charge in [-0.3, -0.25) is 9.20 Å². The largest absolute Gasteiger partial charge is 0.345 e. The van der Waals surface area contributed by atoms with Crippen LogP contribution in [0.4, 0.5) is 13.6 Å². The maximum absolute atomic E-state index is 15.1. The van der Waals surface area contributed by atoms with Crippen molar-refractivity contribution in [2.75, 3.05) is 19.6 Å². The number of Topliss-reactive ketones (excluding diaryl/α,β-unsaturated/α-hetero) is 1. The zero-order valence-corrected chi connectivity index (χ0v) is 21.8. The zero-order chi connectivity index (χ0) is 26.9. The molecule has 2 aliphatic heterocycles. The topological polar surface area (TPSA) is 62.9 Å². The number of imidazole rings is 1. The number of hydrogen-bond acceptors (Lipinski definition) is 3. The van der Waals surface area contributed by atoms with Crippen LogP contribution in [0.3, 0.4) is 0 Å². The molecule has 39 heavy (non-hydrogen) atoms. The third-order valence-corrected chi connectivity index (χ3v) is 8.51. The van der Waals surface area contributed by atoms with E-state index >= 15 is 4.39 Å². The molecule has 4 aromatic rings. The first kappa shape index (κ1) is 24.1. The SMILES string of the molecule is CC1(F)CCN(C(=O)N2CCn3cc(C4=C(c5cnc6ccccn56)CCC4=O)c4cc(F)cc(c43)C2)CC1. The lowest BCUT2D eigenvalue weighted by atomic mass is 9.96. The number of carbonyl (C=O) groups is 2. The molecule has 5 heterocycles. The van der Waals surface area contributed by atoms with E-state index in [1.165, 1.54) is 12.1 Å². The molecule has 3 aliphatic rings. The molecule has 7 nitrogen and oxygen atoms in total. The fraction of sp³-hybridized carbons (Fsp3) is 0.367. The molecule has 0 radical (unpaired) electrons. The predicted molar refractivity (Wildman–Crippen MR) is 144 cm³/mol. The van der Waals surface area contributed by atoms with Crippen molar-refractivity contribution in [3.05, 3.63) is 71.6 Å². The molecule has 0 spiro atoms. The van der Waals surface area contributed by atoms with E-state index < -0.39 is 11.5 Å². The van der Waals surface area contributed by atoms with E-state index in [-0.39, 0.29) is 18.4 Å². The normalized spacial score (nSPS) is 19.4. The van der Waals surface area contributed by atoms with Gasteiger partial charge >= 0.3 is 6.03 Å². The number of fused-ring (bicyclic) bond motifs is 1. The number of nitrogens with zero attached hydrogens (tertiary/aromatic N) is 5. The minimum absolute atomic E-state index is 0.0413. The Morgan fingerprint density at radius 3 is 2.69 bits per heavy atom. The first-order valence-electron chi connectivity index (χ1n) is 13.5. The summed E-state index contributed by atoms with van der Waals surface area (Å²) in [6.07, 6.45) is 7.31. The number of amides is 2. The highest BCUT2D eigenvalue weighted by molar-refractivity contribution is 6.33. The molecule has 1 aromatic carbocycles. The molecule has 1 aliphatic carbocycles. The van der Waals surface area contributed by atoms with Crippen LogP contribution in [0, 0.1) is 5.82 Å². The number of likely N-dealkylation sites (tertiary alicyclic amines) is 1. The first-order valence-corrected chi connectivity index (χ1v) is 13.5. The van der Waals surface area contributed by atoms with E-state index in [0.717, 1.165) is 28.0 Å². The molecule has 0 atom stereocenters. The van der Waals surface area contributed by atoms with Gasteiger partial charge in [-0.15, -0.1) is 0 Å². The third kappa shape index (κ3) is 3.94. The predicted octanol–water partition coefficient (Wildman–Crippen LogP) is 5.46. The molecule has 0 bridgehead atoms. The monoisotopic (exact) mass is 529 g/mol. The van der Waals surface area contributed by atoms with E-state index in [2.05, 4.69) is 4.98 Å². The van der Waals surface area contributed by atoms with Crippen molar-refractivity contribution in [1.82, 2.24) is 23.8 Å². The number of halogens is 2. The number of piperidine rings is 1. The average molecular weight is 530 g/mol. The molecular formula is C30H29F2N5O2. The lowest BCUT2D eigenvalue weighted by Crippen LogP contribution is -2.49. The summed E-state index contributed by atoms with van der Waals surface area (Å²) in [6.45, 7) is 3.55. The van der Waals surface area contributed by atoms with Crippen molar-refractivity contribution in [3.63, 3.8) is 0 Å². The van der Waals surface area contributed by atoms with Gasteiger partial charge in [0.15, 0.2) is 5.78 Å². The average Bonchev–Trinajstić information content (AvgIpc) is 3.57. The Bertz CT molecular complexity index is 1690. The van der Waals surface area contributed by atoms with Crippen molar-refractivity contribution >= 4 is 39.5 Å². The summed E-state index contributed by atoms with van der Waals surface area (Å²) in [5, 5.41) is 0.682. The van der Waals surface area contributed by atoms with E-state index in [1.54, 1.807) is 22.9 Å². The van der Waals surface area contributed by atoms with Crippen LogP contribution in [0.5, 0.6) is 0 Å². The number of hydrogen-bond donors (Lipinski definition) is 0. The van der Waals surface area contributed by atoms with Crippen molar-refractivity contribution in [1.29, 1.82) is 0 Å². The molecule has 1 fully saturated rings. The van der Waals surface area contributed by atoms with Crippen LogP contribution in [0.15, 0.2) is 48.9 Å². The van der Waals surface area contributed by atoms with E-state index in [1.807, 2.05) is 39.6 Å². The van der Waals surface area contributed by atoms with Gasteiger partial charge in [-0.25, -0.2) is 18.6 Å². The number of rotatable bonds is 2. The molecule has 1 saturated heterocycles. The second kappa shape index (κ2) is 8.76. The van der Waals surface area contributed by atoms with Crippen molar-refractivity contribution in [2.24, 2.45) is 0 Å². The van der Waals surface area contributed by atoms with Crippen LogP contribution in [-0.4, -0.2) is 60.9 Å². The van der Waals surface area contributed by atoms with Gasteiger partial charge in [0.25, 0.3) is 0 Å². The van der Waals surface area contributed by atoms with E-state index in [0.29, 0.717) is 68.4 Å². The summed E-state index contributed by atoms with van der Waals surface area (Å²) in [6, 6.07) is 8.63. The molecule has 7 rings (SSSR count). The van der Waals surface area contributed by atoms with Crippen LogP contribution < -0.4 is 0 Å². The van der Waals surface area contributed by atoms with Gasteiger partial charge in [0.05, 0.1) is 17.4 Å². The van der Waals surface area contributed by atoms with Gasteiger partial charge in [0.2, 0.25) is 0 Å². The number of ketones is 1. The number of carbonyl (C=O) groups excluding carboxylic acids is 2. The number of alkyl halides is 1. The van der Waals surface area contributed by atoms with Gasteiger partial charge in [0.1, 0.15) is 17.1 Å². The van der Waals surface area contributed by atoms with Crippen LogP contribution in [0.2, 0.25) is 0 Å². The van der Waals surface area contributed by atoms with Crippen molar-refractivity contribution in [2.45, 2.75) is 51.4 Å². The maximum atomic E-state index is 15.1. The third-order valence-electron chi connectivity index (χ3n) is 8.51. The molecular weight excluding hydrogens is 500 g/mol. The highest BCUT2D eigenvalue weighted by Gasteiger charge is 2.35. The molecule has 2 amide bonds. The highest BCUT2D eigenvalue weighted by Crippen LogP contribution is 2.42. The lowest BCUT2D eigenvalue weighted by molar-refractivity contribution is -0.113. The number of pyridine rings is 1. The Labute approximate surface area is 224 Å². The Morgan fingerprint density at radius 2 is 1.87 bits per heavy atom. The summed E-state index contributed by atoms with van der Waals surface area (Å²) in [4.78, 5) is 34.6. The van der Waals surface area contributed by atoms with E-state index in [9.17, 15) is 14.0 Å². The minimum Gasteiger partial charge on any atom is -0.345 e. The van der Waals surface area contributed by atoms with E-state index in [4.69, 9.17) is 0 Å². The summed E-state index contributed by atoms with van der Waals surface area (Å²) in [5.41, 5.74) is 4.26. The van der Waals surface area contributed by atoms with Gasteiger partial charge in [-0.05, 0) is 61.6 Å². The molecule has 0 saturated carbocycles. The molecule has 3 aromatic heterocycles. The smallest absolute Gasteiger partial charge is 0.320 e. The van der Waals surface area contributed by atoms with Crippen LogP contribution >= 0.6 is 0 Å². The van der Waals surface area contributed by atoms with Gasteiger partial charge in [0, 0.05) is 68.1 Å². The second-order valence-corrected chi connectivity index (χ2v) is 11.2. The number of aromatic nitrogens is 3. The quantitative estimate of drug-likeness (QED) is 0.346. The fourth-order valence-corrected chi connectivity index (χ4v) is 6.41. The number of allylic oxidation sites excluding steroid dienone is 2. The summed E-state index contributed by atoms with van der Waals surface area (Å²) >= 11 is 0. The number of benzene rings is 1. The van der Waals surface area contributed by atoms with Gasteiger partial charge < -0.3 is 14.4 Å². The fourth-order valence-electron chi connectivity index (χ4n) is 6.41. The lowest BCUT2D eigenvalue weighted by Gasteiger charge is -2.37. The zero-order valence-electron chi connectivity index (χ0n) is 21.8. The Balaban J connectivity index is 1.30. The van der Waals surface area contributed by atoms with Crippen LogP contribution in [0.1, 0.15) is 49.4 Å². The molecule has 0 N–H and O–H groups in total. The summed E-state index contributed by atoms with van der Waals surface area (Å²) in [7, 11) is 0. The van der Waals surface area contributed by atoms with Crippen LogP contribution in [0.25, 0.3) is 27.7 Å². The second-order valence-electron chi connectivity index (χ2n) is 11.2. The van der Waals surface area contributed by atoms with Gasteiger partial charge in [-0.1, -0.05) is 6.07 Å². The molecule has 200 valence electrons. The Morgan fingerprint density at radius 1 is 1.05 bits per heavy atom. The molecule has 9 heteroatoms. The molecule has 0 unspecified atom stereocenters. The standard InChI is InChI=1S/C30H29F2N5O2/c1-30(32)7-10-34(11-8-30)29(39)36-13-12-35-18-23(22-15-20(31)14-19(17-36)28(22)35)27-21(5-6-25(27)38)24-16-33-26-4-2-3-9-37(24)26/h2-4,9,14-16,18H,5-8,10-13,17H2,1H3. The van der Waals surface area contributed by atoms with Crippen molar-refractivity contribution in [3.8, 4) is 0 Å². The summed E-state index contributed by atoms with van der Waals surface area (Å²) < 4.78 is 33.4. The highest BCUT2D eigenvalue weighted by atomic mass is 19.1. The minimum atomic E-state index is -1.24. The maximum Gasteiger partial charge on any atom is 0.320 e. The van der Waals surface area contributed by atoms with Crippen molar-refractivity contribution < 1.29 is 18.4 Å². The van der Waals surface area contributed by atoms with Gasteiger partial charge in [-0.2, -0.15) is 0 Å². The Kier molecular flexibility index (Phi) is 5.40. The first-order chi connectivity index (χ1) is 18.8.